The zero-order chi connectivity index (χ0) is 15.5. The molecule has 0 saturated heterocycles. The van der Waals surface area contributed by atoms with E-state index < -0.39 is 0 Å². The molecule has 0 spiro atoms. The van der Waals surface area contributed by atoms with Crippen LogP contribution >= 0.6 is 23.0 Å². The molecule has 0 aliphatic rings. The Morgan fingerprint density at radius 2 is 1.62 bits per heavy atom. The fourth-order valence-corrected chi connectivity index (χ4v) is 3.70. The number of benzene rings is 2. The van der Waals surface area contributed by atoms with Gasteiger partial charge < -0.3 is 3.07 Å². The number of halogens is 1. The van der Waals surface area contributed by atoms with E-state index >= 15 is 0 Å². The predicted molar refractivity (Wildman–Crippen MR) is 98.4 cm³/mol. The van der Waals surface area contributed by atoms with Crippen LogP contribution in [0.15, 0.2) is 42.5 Å². The summed E-state index contributed by atoms with van der Waals surface area (Å²) in [5, 5.41) is 0. The zero-order valence-electron chi connectivity index (χ0n) is 13.2. The number of aryl methyl sites for hydroxylation is 2. The molecule has 0 saturated carbocycles. The maximum absolute atomic E-state index is 5.37. The second-order valence-corrected chi connectivity index (χ2v) is 6.16. The maximum atomic E-state index is 5.37. The summed E-state index contributed by atoms with van der Waals surface area (Å²) in [5.41, 5.74) is 5.40. The highest BCUT2D eigenvalue weighted by Gasteiger charge is 2.31. The van der Waals surface area contributed by atoms with E-state index in [0.29, 0.717) is 0 Å². The van der Waals surface area contributed by atoms with Crippen molar-refractivity contribution in [2.75, 3.05) is 0 Å². The maximum Gasteiger partial charge on any atom is 0.192 e. The Morgan fingerprint density at radius 1 is 0.952 bits per heavy atom. The zero-order valence-corrected chi connectivity index (χ0v) is 15.4. The Balaban J connectivity index is 2.59. The highest BCUT2D eigenvalue weighted by atomic mass is 127. The number of hydrogen-bond acceptors (Lipinski definition) is 1. The average Bonchev–Trinajstić information content (AvgIpc) is 2.49. The van der Waals surface area contributed by atoms with Crippen LogP contribution in [0, 0.1) is 13.8 Å². The molecule has 0 fully saturated rings. The molecule has 2 aromatic rings. The van der Waals surface area contributed by atoms with Crippen LogP contribution in [0.4, 0.5) is 0 Å². The van der Waals surface area contributed by atoms with Gasteiger partial charge in [0.1, 0.15) is 5.75 Å². The first kappa shape index (κ1) is 16.3. The van der Waals surface area contributed by atoms with Crippen molar-refractivity contribution in [3.8, 4) is 5.75 Å². The van der Waals surface area contributed by atoms with Crippen molar-refractivity contribution in [1.29, 1.82) is 0 Å². The van der Waals surface area contributed by atoms with E-state index in [9.17, 15) is 0 Å². The van der Waals surface area contributed by atoms with Gasteiger partial charge in [-0.25, -0.2) is 0 Å². The lowest BCUT2D eigenvalue weighted by atomic mass is 9.70. The molecule has 0 bridgehead atoms. The van der Waals surface area contributed by atoms with Crippen LogP contribution in [0.3, 0.4) is 0 Å². The molecule has 0 radical (unpaired) electrons. The Morgan fingerprint density at radius 3 is 2.14 bits per heavy atom. The normalized spacial score (nSPS) is 11.5. The third kappa shape index (κ3) is 3.10. The lowest BCUT2D eigenvalue weighted by Gasteiger charge is -2.34. The minimum Gasteiger partial charge on any atom is -0.427 e. The van der Waals surface area contributed by atoms with Gasteiger partial charge in [-0.15, -0.1) is 0 Å². The molecule has 0 heterocycles. The molecule has 0 aliphatic carbocycles. The van der Waals surface area contributed by atoms with Crippen molar-refractivity contribution in [1.82, 2.24) is 0 Å². The van der Waals surface area contributed by atoms with Gasteiger partial charge >= 0.3 is 0 Å². The van der Waals surface area contributed by atoms with Gasteiger partial charge in [0.05, 0.1) is 0 Å². The second-order valence-electron chi connectivity index (χ2n) is 5.72. The van der Waals surface area contributed by atoms with Crippen LogP contribution in [0.2, 0.25) is 0 Å². The van der Waals surface area contributed by atoms with E-state index in [4.69, 9.17) is 3.07 Å². The molecule has 0 aromatic heterocycles. The molecule has 0 aliphatic heterocycles. The summed E-state index contributed by atoms with van der Waals surface area (Å²) in [6, 6.07) is 15.5. The molecular formula is C19H23IO. The minimum atomic E-state index is 0.0839. The monoisotopic (exact) mass is 394 g/mol. The smallest absolute Gasteiger partial charge is 0.192 e. The summed E-state index contributed by atoms with van der Waals surface area (Å²) >= 11 is 1.95. The third-order valence-electron chi connectivity index (χ3n) is 4.59. The Kier molecular flexibility index (Phi) is 5.31. The molecule has 2 rings (SSSR count). The van der Waals surface area contributed by atoms with Gasteiger partial charge in [-0.2, -0.15) is 0 Å². The van der Waals surface area contributed by atoms with Crippen LogP contribution < -0.4 is 3.07 Å². The van der Waals surface area contributed by atoms with Crippen LogP contribution in [0.5, 0.6) is 5.75 Å². The highest BCUT2D eigenvalue weighted by Crippen LogP contribution is 2.40. The van der Waals surface area contributed by atoms with Crippen LogP contribution in [0.1, 0.15) is 48.9 Å². The third-order valence-corrected chi connectivity index (χ3v) is 5.06. The van der Waals surface area contributed by atoms with E-state index in [1.54, 1.807) is 0 Å². The molecule has 112 valence electrons. The fraction of sp³-hybridized carbons (Fsp3) is 0.368. The lowest BCUT2D eigenvalue weighted by molar-refractivity contribution is 0.477. The Hall–Kier alpha value is -1.03. The highest BCUT2D eigenvalue weighted by molar-refractivity contribution is 14.1. The van der Waals surface area contributed by atoms with Crippen molar-refractivity contribution in [3.05, 3.63) is 64.7 Å². The standard InChI is InChI=1S/C19H23IO/c1-5-19(6-2,16-9-7-8-14(3)12-16)17-10-11-18(21-20)15(4)13-17/h7-13H,5-6H2,1-4H3. The first-order chi connectivity index (χ1) is 10.1. The van der Waals surface area contributed by atoms with E-state index in [-0.39, 0.29) is 5.41 Å². The Bertz CT molecular complexity index is 615. The van der Waals surface area contributed by atoms with Gasteiger partial charge in [-0.05, 0) is 49.4 Å². The average molecular weight is 394 g/mol. The van der Waals surface area contributed by atoms with Crippen molar-refractivity contribution >= 4 is 23.0 Å². The van der Waals surface area contributed by atoms with E-state index in [1.165, 1.54) is 22.3 Å². The first-order valence-electron chi connectivity index (χ1n) is 7.54. The summed E-state index contributed by atoms with van der Waals surface area (Å²) in [6.07, 6.45) is 2.19. The molecule has 0 atom stereocenters. The van der Waals surface area contributed by atoms with Crippen molar-refractivity contribution in [2.24, 2.45) is 0 Å². The summed E-state index contributed by atoms with van der Waals surface area (Å²) < 4.78 is 5.37. The number of rotatable bonds is 5. The minimum absolute atomic E-state index is 0.0839. The van der Waals surface area contributed by atoms with E-state index in [0.717, 1.165) is 18.6 Å². The molecule has 2 aromatic carbocycles. The Labute approximate surface area is 142 Å². The summed E-state index contributed by atoms with van der Waals surface area (Å²) in [7, 11) is 0. The SMILES string of the molecule is CCC(CC)(c1cccc(C)c1)c1ccc(OI)c(C)c1. The summed E-state index contributed by atoms with van der Waals surface area (Å²) in [4.78, 5) is 0. The second kappa shape index (κ2) is 6.82. The largest absolute Gasteiger partial charge is 0.427 e. The molecular weight excluding hydrogens is 371 g/mol. The molecule has 2 heteroatoms. The van der Waals surface area contributed by atoms with Gasteiger partial charge in [-0.1, -0.05) is 55.8 Å². The van der Waals surface area contributed by atoms with Crippen molar-refractivity contribution in [2.45, 2.75) is 46.0 Å². The summed E-state index contributed by atoms with van der Waals surface area (Å²) in [6.45, 7) is 8.84. The van der Waals surface area contributed by atoms with Crippen molar-refractivity contribution in [3.63, 3.8) is 0 Å². The molecule has 0 unspecified atom stereocenters. The van der Waals surface area contributed by atoms with Gasteiger partial charge in [0, 0.05) is 5.41 Å². The van der Waals surface area contributed by atoms with Crippen molar-refractivity contribution < 1.29 is 3.07 Å². The molecule has 21 heavy (non-hydrogen) atoms. The fourth-order valence-electron chi connectivity index (χ4n) is 3.21. The molecule has 0 amide bonds. The van der Waals surface area contributed by atoms with Gasteiger partial charge in [0.25, 0.3) is 0 Å². The first-order valence-corrected chi connectivity index (χ1v) is 8.42. The number of hydrogen-bond donors (Lipinski definition) is 0. The predicted octanol–water partition coefficient (Wildman–Crippen LogP) is 6.14. The van der Waals surface area contributed by atoms with Gasteiger partial charge in [0.15, 0.2) is 23.0 Å². The van der Waals surface area contributed by atoms with Crippen LogP contribution in [0.25, 0.3) is 0 Å². The topological polar surface area (TPSA) is 9.23 Å². The van der Waals surface area contributed by atoms with E-state index in [2.05, 4.69) is 70.2 Å². The molecule has 1 nitrogen and oxygen atoms in total. The van der Waals surface area contributed by atoms with Crippen LogP contribution in [-0.2, 0) is 5.41 Å². The summed E-state index contributed by atoms with van der Waals surface area (Å²) in [5.74, 6) is 0.949. The van der Waals surface area contributed by atoms with E-state index in [1.807, 2.05) is 23.0 Å². The quantitative estimate of drug-likeness (QED) is 0.554. The van der Waals surface area contributed by atoms with Gasteiger partial charge in [-0.3, -0.25) is 0 Å². The van der Waals surface area contributed by atoms with Crippen LogP contribution in [-0.4, -0.2) is 0 Å². The molecule has 0 N–H and O–H groups in total. The lowest BCUT2D eigenvalue weighted by Crippen LogP contribution is -2.26. The van der Waals surface area contributed by atoms with Gasteiger partial charge in [0.2, 0.25) is 0 Å².